The predicted octanol–water partition coefficient (Wildman–Crippen LogP) is 6.77. The van der Waals surface area contributed by atoms with E-state index in [1.54, 1.807) is 0 Å². The van der Waals surface area contributed by atoms with Crippen molar-refractivity contribution in [2.45, 2.75) is 5.60 Å². The lowest BCUT2D eigenvalue weighted by molar-refractivity contribution is 0.131. The average Bonchev–Trinajstić information content (AvgIpc) is 3.07. The van der Waals surface area contributed by atoms with Crippen LogP contribution in [0.1, 0.15) is 16.7 Å². The summed E-state index contributed by atoms with van der Waals surface area (Å²) >= 11 is 0. The van der Waals surface area contributed by atoms with Gasteiger partial charge in [-0.15, -0.1) is 0 Å². The Morgan fingerprint density at radius 2 is 0.967 bits per heavy atom. The largest absolute Gasteiger partial charge is 0.376 e. The molecule has 1 heteroatoms. The fraction of sp³-hybridized carbons (Fsp3) is 0.0345. The maximum Gasteiger partial charge on any atom is 0.142 e. The highest BCUT2D eigenvalue weighted by Gasteiger charge is 2.44. The molecule has 6 rings (SSSR count). The fourth-order valence-corrected chi connectivity index (χ4v) is 4.90. The van der Waals surface area contributed by atoms with E-state index in [4.69, 9.17) is 0 Å². The topological polar surface area (TPSA) is 20.2 Å². The van der Waals surface area contributed by atoms with Gasteiger partial charge in [0.25, 0.3) is 0 Å². The van der Waals surface area contributed by atoms with Crippen molar-refractivity contribution in [3.63, 3.8) is 0 Å². The monoisotopic (exact) mass is 384 g/mol. The van der Waals surface area contributed by atoms with Gasteiger partial charge in [-0.1, -0.05) is 103 Å². The van der Waals surface area contributed by atoms with E-state index >= 15 is 0 Å². The molecule has 0 aliphatic heterocycles. The number of rotatable bonds is 2. The predicted molar refractivity (Wildman–Crippen MR) is 123 cm³/mol. The van der Waals surface area contributed by atoms with Crippen molar-refractivity contribution in [2.75, 3.05) is 0 Å². The number of aliphatic hydroxyl groups is 1. The molecular formula is C29H20O. The summed E-state index contributed by atoms with van der Waals surface area (Å²) in [5.74, 6) is 0. The summed E-state index contributed by atoms with van der Waals surface area (Å²) < 4.78 is 0. The summed E-state index contributed by atoms with van der Waals surface area (Å²) in [7, 11) is 0. The number of hydrogen-bond acceptors (Lipinski definition) is 1. The maximum absolute atomic E-state index is 12.5. The van der Waals surface area contributed by atoms with E-state index in [0.29, 0.717) is 0 Å². The lowest BCUT2D eigenvalue weighted by atomic mass is 9.80. The summed E-state index contributed by atoms with van der Waals surface area (Å²) in [6, 6.07) is 39.5. The minimum absolute atomic E-state index is 0.915. The van der Waals surface area contributed by atoms with E-state index in [9.17, 15) is 5.11 Å². The molecule has 5 aromatic carbocycles. The lowest BCUT2D eigenvalue weighted by Gasteiger charge is -2.29. The molecule has 0 fully saturated rings. The molecule has 1 N–H and O–H groups in total. The van der Waals surface area contributed by atoms with Crippen molar-refractivity contribution >= 4 is 10.8 Å². The molecule has 0 saturated carbocycles. The standard InChI is InChI=1S/C29H20O/c30-29(26-16-8-6-14-23(26)20-10-2-1-3-11-20)27-17-9-7-15-24(27)25-18-21-12-4-5-13-22(21)19-28(25)29/h1-19,30H. The van der Waals surface area contributed by atoms with Crippen LogP contribution >= 0.6 is 0 Å². The first-order valence-corrected chi connectivity index (χ1v) is 10.3. The van der Waals surface area contributed by atoms with E-state index in [0.717, 1.165) is 44.3 Å². The molecule has 1 aliphatic carbocycles. The van der Waals surface area contributed by atoms with Crippen LogP contribution in [0.5, 0.6) is 0 Å². The van der Waals surface area contributed by atoms with Gasteiger partial charge < -0.3 is 5.11 Å². The Kier molecular flexibility index (Phi) is 3.68. The van der Waals surface area contributed by atoms with Crippen molar-refractivity contribution in [3.8, 4) is 22.3 Å². The molecule has 1 aliphatic rings. The van der Waals surface area contributed by atoms with Gasteiger partial charge in [0.1, 0.15) is 5.60 Å². The van der Waals surface area contributed by atoms with Crippen LogP contribution in [-0.2, 0) is 5.60 Å². The molecule has 0 aromatic heterocycles. The molecule has 0 bridgehead atoms. The van der Waals surface area contributed by atoms with Gasteiger partial charge in [-0.2, -0.15) is 0 Å². The van der Waals surface area contributed by atoms with E-state index < -0.39 is 5.60 Å². The zero-order valence-corrected chi connectivity index (χ0v) is 16.4. The Balaban J connectivity index is 1.71. The van der Waals surface area contributed by atoms with Crippen molar-refractivity contribution in [1.82, 2.24) is 0 Å². The summed E-state index contributed by atoms with van der Waals surface area (Å²) in [6.07, 6.45) is 0. The molecule has 30 heavy (non-hydrogen) atoms. The third-order valence-corrected chi connectivity index (χ3v) is 6.28. The van der Waals surface area contributed by atoms with Crippen LogP contribution in [0.3, 0.4) is 0 Å². The summed E-state index contributed by atoms with van der Waals surface area (Å²) in [5.41, 5.74) is 5.97. The summed E-state index contributed by atoms with van der Waals surface area (Å²) in [5, 5.41) is 14.8. The number of hydrogen-bond donors (Lipinski definition) is 1. The summed E-state index contributed by atoms with van der Waals surface area (Å²) in [4.78, 5) is 0. The highest BCUT2D eigenvalue weighted by molar-refractivity contribution is 5.94. The average molecular weight is 384 g/mol. The Morgan fingerprint density at radius 3 is 1.70 bits per heavy atom. The van der Waals surface area contributed by atoms with Crippen molar-refractivity contribution in [1.29, 1.82) is 0 Å². The minimum atomic E-state index is -1.21. The van der Waals surface area contributed by atoms with Crippen LogP contribution in [0.4, 0.5) is 0 Å². The van der Waals surface area contributed by atoms with E-state index in [-0.39, 0.29) is 0 Å². The van der Waals surface area contributed by atoms with Crippen LogP contribution < -0.4 is 0 Å². The second-order valence-electron chi connectivity index (χ2n) is 7.91. The highest BCUT2D eigenvalue weighted by Crippen LogP contribution is 2.53. The summed E-state index contributed by atoms with van der Waals surface area (Å²) in [6.45, 7) is 0. The van der Waals surface area contributed by atoms with Gasteiger partial charge in [0.15, 0.2) is 0 Å². The molecule has 5 aromatic rings. The number of benzene rings is 5. The van der Waals surface area contributed by atoms with Crippen LogP contribution in [0.25, 0.3) is 33.0 Å². The zero-order chi connectivity index (χ0) is 20.1. The van der Waals surface area contributed by atoms with Crippen LogP contribution in [0.2, 0.25) is 0 Å². The molecule has 1 nitrogen and oxygen atoms in total. The van der Waals surface area contributed by atoms with Crippen LogP contribution in [0, 0.1) is 0 Å². The molecule has 0 radical (unpaired) electrons. The van der Waals surface area contributed by atoms with Gasteiger partial charge in [-0.3, -0.25) is 0 Å². The van der Waals surface area contributed by atoms with Gasteiger partial charge in [-0.05, 0) is 45.2 Å². The lowest BCUT2D eigenvalue weighted by Crippen LogP contribution is -2.27. The molecular weight excluding hydrogens is 364 g/mol. The normalized spacial score (nSPS) is 17.0. The zero-order valence-electron chi connectivity index (χ0n) is 16.4. The first kappa shape index (κ1) is 17.2. The first-order valence-electron chi connectivity index (χ1n) is 10.3. The Bertz CT molecular complexity index is 1400. The second-order valence-corrected chi connectivity index (χ2v) is 7.91. The molecule has 0 saturated heterocycles. The van der Waals surface area contributed by atoms with Gasteiger partial charge in [0.05, 0.1) is 0 Å². The Morgan fingerprint density at radius 1 is 0.433 bits per heavy atom. The van der Waals surface area contributed by atoms with Gasteiger partial charge in [-0.25, -0.2) is 0 Å². The Hall–Kier alpha value is -3.68. The number of fused-ring (bicyclic) bond motifs is 4. The van der Waals surface area contributed by atoms with E-state index in [1.165, 1.54) is 5.39 Å². The van der Waals surface area contributed by atoms with Crippen LogP contribution in [-0.4, -0.2) is 5.11 Å². The van der Waals surface area contributed by atoms with Crippen molar-refractivity contribution in [2.24, 2.45) is 0 Å². The molecule has 1 atom stereocenters. The fourth-order valence-electron chi connectivity index (χ4n) is 4.90. The molecule has 1 unspecified atom stereocenters. The molecule has 0 spiro atoms. The first-order chi connectivity index (χ1) is 14.8. The SMILES string of the molecule is OC1(c2ccccc2-c2ccccc2)c2ccccc2-c2cc3ccccc3cc21. The third kappa shape index (κ3) is 2.33. The molecule has 142 valence electrons. The maximum atomic E-state index is 12.5. The van der Waals surface area contributed by atoms with Crippen LogP contribution in [0.15, 0.2) is 115 Å². The van der Waals surface area contributed by atoms with E-state index in [1.807, 2.05) is 48.5 Å². The quantitative estimate of drug-likeness (QED) is 0.356. The van der Waals surface area contributed by atoms with Gasteiger partial charge in [0.2, 0.25) is 0 Å². The highest BCUT2D eigenvalue weighted by atomic mass is 16.3. The molecule has 0 heterocycles. The van der Waals surface area contributed by atoms with E-state index in [2.05, 4.69) is 66.7 Å². The molecule has 0 amide bonds. The Labute approximate surface area is 175 Å². The second kappa shape index (κ2) is 6.41. The van der Waals surface area contributed by atoms with Gasteiger partial charge in [0, 0.05) is 16.7 Å². The third-order valence-electron chi connectivity index (χ3n) is 6.28. The van der Waals surface area contributed by atoms with Crippen molar-refractivity contribution < 1.29 is 5.11 Å². The van der Waals surface area contributed by atoms with Crippen molar-refractivity contribution in [3.05, 3.63) is 132 Å². The van der Waals surface area contributed by atoms with Gasteiger partial charge >= 0.3 is 0 Å². The smallest absolute Gasteiger partial charge is 0.142 e. The minimum Gasteiger partial charge on any atom is -0.376 e.